The van der Waals surface area contributed by atoms with Gasteiger partial charge in [-0.2, -0.15) is 5.10 Å². The molecule has 9 heteroatoms. The summed E-state index contributed by atoms with van der Waals surface area (Å²) in [7, 11) is 0. The van der Waals surface area contributed by atoms with Crippen LogP contribution in [0.4, 0.5) is 22.0 Å². The van der Waals surface area contributed by atoms with Crippen molar-refractivity contribution < 1.29 is 9.53 Å². The van der Waals surface area contributed by atoms with Crippen molar-refractivity contribution in [2.45, 2.75) is 107 Å². The first kappa shape index (κ1) is 34.1. The number of carbonyl (C=O) groups is 1. The van der Waals surface area contributed by atoms with Crippen LogP contribution in [0.1, 0.15) is 105 Å². The highest BCUT2D eigenvalue weighted by molar-refractivity contribution is 6.03. The summed E-state index contributed by atoms with van der Waals surface area (Å²) in [6.07, 6.45) is 12.0. The Morgan fingerprint density at radius 3 is 2.47 bits per heavy atom. The predicted molar refractivity (Wildman–Crippen MR) is 179 cm³/mol. The summed E-state index contributed by atoms with van der Waals surface area (Å²) in [4.78, 5) is 26.9. The van der Waals surface area contributed by atoms with Gasteiger partial charge in [-0.1, -0.05) is 67.7 Å². The van der Waals surface area contributed by atoms with E-state index in [1.807, 2.05) is 33.9 Å². The van der Waals surface area contributed by atoms with Crippen molar-refractivity contribution in [2.24, 2.45) is 11.3 Å². The minimum atomic E-state index is -0.221. The third-order valence-corrected chi connectivity index (χ3v) is 8.57. The quantitative estimate of drug-likeness (QED) is 0.241. The Balaban J connectivity index is 0.000000780. The highest BCUT2D eigenvalue weighted by Crippen LogP contribution is 2.54. The second kappa shape index (κ2) is 15.9. The number of fused-ring (bicyclic) bond motifs is 2. The number of carbonyl (C=O) groups excluding carboxylic acids is 1. The van der Waals surface area contributed by atoms with Crippen LogP contribution in [0.3, 0.4) is 0 Å². The second-order valence-corrected chi connectivity index (χ2v) is 11.5. The maximum Gasteiger partial charge on any atom is 0.327 e. The van der Waals surface area contributed by atoms with E-state index in [9.17, 15) is 4.79 Å². The molecule has 4 heterocycles. The van der Waals surface area contributed by atoms with Gasteiger partial charge >= 0.3 is 6.03 Å². The molecular formula is C34H55N7O2. The number of anilines is 3. The molecule has 0 aromatic carbocycles. The molecule has 1 fully saturated rings. The number of hydrogen-bond acceptors (Lipinski definition) is 6. The van der Waals surface area contributed by atoms with Gasteiger partial charge in [0.1, 0.15) is 23.1 Å². The molecule has 0 radical (unpaired) electrons. The minimum absolute atomic E-state index is 0.221. The van der Waals surface area contributed by atoms with E-state index in [0.717, 1.165) is 37.7 Å². The van der Waals surface area contributed by atoms with E-state index < -0.39 is 0 Å². The molecule has 1 aliphatic carbocycles. The number of aryl methyl sites for hydroxylation is 1. The van der Waals surface area contributed by atoms with Crippen LogP contribution in [0.2, 0.25) is 0 Å². The third-order valence-electron chi connectivity index (χ3n) is 8.57. The van der Waals surface area contributed by atoms with Crippen molar-refractivity contribution in [3.8, 4) is 5.75 Å². The average molecular weight is 594 g/mol. The van der Waals surface area contributed by atoms with Gasteiger partial charge in [-0.15, -0.1) is 0 Å². The van der Waals surface area contributed by atoms with Gasteiger partial charge in [0.2, 0.25) is 0 Å². The fraction of sp³-hybridized carbons (Fsp3) is 0.647. The number of nitrogens with zero attached hydrogens (tertiary/aromatic N) is 6. The van der Waals surface area contributed by atoms with Crippen molar-refractivity contribution in [1.29, 1.82) is 0 Å². The zero-order valence-electron chi connectivity index (χ0n) is 28.2. The van der Waals surface area contributed by atoms with Crippen LogP contribution in [0, 0.1) is 18.3 Å². The van der Waals surface area contributed by atoms with Gasteiger partial charge in [-0.25, -0.2) is 19.3 Å². The second-order valence-electron chi connectivity index (χ2n) is 11.5. The standard InChI is InChI=1S/C28H39N7O2.C4H10.C2H6/c1-6-14-33(18-28(11-12-28)19(4)7-2)23-9-13-29-26-21(23)10-15-34(26)27(36)31-22-17-35-25(30-20(5)32-35)16-24(22)37-8-3;1-3-4-2;1-2/h9,13,16-17,19H,6-8,10-12,14-15,18H2,1-5H3,(H,31,36);3-4H2,1-2H3;1-2H3. The Hall–Kier alpha value is -3.36. The van der Waals surface area contributed by atoms with Crippen molar-refractivity contribution in [1.82, 2.24) is 19.6 Å². The van der Waals surface area contributed by atoms with Crippen molar-refractivity contribution in [2.75, 3.05) is 41.4 Å². The molecule has 5 rings (SSSR count). The van der Waals surface area contributed by atoms with Gasteiger partial charge in [0, 0.05) is 43.1 Å². The molecule has 1 atom stereocenters. The number of urea groups is 1. The number of unbranched alkanes of at least 4 members (excludes halogenated alkanes) is 1. The molecule has 2 aliphatic rings. The van der Waals surface area contributed by atoms with E-state index in [0.29, 0.717) is 41.5 Å². The van der Waals surface area contributed by atoms with Crippen molar-refractivity contribution >= 4 is 28.9 Å². The number of nitrogens with one attached hydrogen (secondary N) is 1. The largest absolute Gasteiger partial charge is 0.491 e. The zero-order chi connectivity index (χ0) is 31.6. The summed E-state index contributed by atoms with van der Waals surface area (Å²) in [5, 5.41) is 7.43. The van der Waals surface area contributed by atoms with Crippen LogP contribution in [0.5, 0.6) is 5.75 Å². The lowest BCUT2D eigenvalue weighted by molar-refractivity contribution is 0.257. The normalized spacial score (nSPS) is 15.0. The summed E-state index contributed by atoms with van der Waals surface area (Å²) in [5.74, 6) is 2.70. The minimum Gasteiger partial charge on any atom is -0.491 e. The maximum atomic E-state index is 13.5. The van der Waals surface area contributed by atoms with Gasteiger partial charge in [-0.3, -0.25) is 4.90 Å². The van der Waals surface area contributed by atoms with Crippen LogP contribution < -0.4 is 19.9 Å². The molecule has 238 valence electrons. The van der Waals surface area contributed by atoms with Crippen LogP contribution >= 0.6 is 0 Å². The fourth-order valence-corrected chi connectivity index (χ4v) is 5.67. The summed E-state index contributed by atoms with van der Waals surface area (Å²) in [6.45, 7) is 22.2. The molecule has 2 amide bonds. The molecule has 1 saturated carbocycles. The molecule has 1 aliphatic heterocycles. The lowest BCUT2D eigenvalue weighted by Gasteiger charge is -2.33. The Labute approximate surface area is 259 Å². The summed E-state index contributed by atoms with van der Waals surface area (Å²) in [5.41, 5.74) is 4.05. The number of hydrogen-bond donors (Lipinski definition) is 1. The molecule has 43 heavy (non-hydrogen) atoms. The van der Waals surface area contributed by atoms with Crippen LogP contribution in [0.15, 0.2) is 24.5 Å². The number of ether oxygens (including phenoxy) is 1. The summed E-state index contributed by atoms with van der Waals surface area (Å²) < 4.78 is 7.47. The Bertz CT molecular complexity index is 1320. The van der Waals surface area contributed by atoms with Crippen LogP contribution in [0.25, 0.3) is 5.65 Å². The van der Waals surface area contributed by atoms with Gasteiger partial charge < -0.3 is 15.0 Å². The van der Waals surface area contributed by atoms with E-state index in [2.05, 4.69) is 66.0 Å². The zero-order valence-corrected chi connectivity index (χ0v) is 28.2. The molecule has 3 aromatic heterocycles. The first-order valence-electron chi connectivity index (χ1n) is 16.6. The highest BCUT2D eigenvalue weighted by Gasteiger charge is 2.47. The third kappa shape index (κ3) is 7.98. The lowest BCUT2D eigenvalue weighted by Crippen LogP contribution is -2.35. The molecule has 0 spiro atoms. The lowest BCUT2D eigenvalue weighted by atomic mass is 9.87. The van der Waals surface area contributed by atoms with E-state index >= 15 is 0 Å². The average Bonchev–Trinajstić information content (AvgIpc) is 3.52. The van der Waals surface area contributed by atoms with Gasteiger partial charge in [-0.05, 0) is 56.9 Å². The Kier molecular flexibility index (Phi) is 12.6. The molecular weight excluding hydrogens is 538 g/mol. The molecule has 3 aromatic rings. The maximum absolute atomic E-state index is 13.5. The first-order chi connectivity index (χ1) is 20.8. The molecule has 0 bridgehead atoms. The number of aromatic nitrogens is 4. The van der Waals surface area contributed by atoms with Crippen LogP contribution in [-0.4, -0.2) is 51.9 Å². The van der Waals surface area contributed by atoms with Crippen molar-refractivity contribution in [3.05, 3.63) is 35.9 Å². The number of rotatable bonds is 11. The van der Waals surface area contributed by atoms with E-state index in [-0.39, 0.29) is 6.03 Å². The Morgan fingerprint density at radius 1 is 1.14 bits per heavy atom. The fourth-order valence-electron chi connectivity index (χ4n) is 5.67. The van der Waals surface area contributed by atoms with E-state index in [1.165, 1.54) is 43.4 Å². The molecule has 1 N–H and O–H groups in total. The highest BCUT2D eigenvalue weighted by atomic mass is 16.5. The Morgan fingerprint density at radius 2 is 1.86 bits per heavy atom. The monoisotopic (exact) mass is 593 g/mol. The smallest absolute Gasteiger partial charge is 0.327 e. The summed E-state index contributed by atoms with van der Waals surface area (Å²) >= 11 is 0. The van der Waals surface area contributed by atoms with E-state index in [4.69, 9.17) is 4.74 Å². The molecule has 9 nitrogen and oxygen atoms in total. The SMILES string of the molecule is CC.CCCC.CCCN(CC1(C(C)CC)CC1)c1ccnc2c1CCN2C(=O)Nc1cn2nc(C)nc2cc1OCC. The summed E-state index contributed by atoms with van der Waals surface area (Å²) in [6, 6.07) is 3.72. The number of pyridine rings is 2. The first-order valence-corrected chi connectivity index (χ1v) is 16.6. The van der Waals surface area contributed by atoms with Gasteiger partial charge in [0.25, 0.3) is 0 Å². The topological polar surface area (TPSA) is 87.9 Å². The molecule has 0 saturated heterocycles. The number of amides is 2. The van der Waals surface area contributed by atoms with Crippen molar-refractivity contribution in [3.63, 3.8) is 0 Å². The van der Waals surface area contributed by atoms with Gasteiger partial charge in [0.05, 0.1) is 12.8 Å². The van der Waals surface area contributed by atoms with E-state index in [1.54, 1.807) is 21.7 Å². The van der Waals surface area contributed by atoms with Crippen LogP contribution in [-0.2, 0) is 6.42 Å². The van der Waals surface area contributed by atoms with Gasteiger partial charge in [0.15, 0.2) is 5.65 Å². The molecule has 1 unspecified atom stereocenters. The predicted octanol–water partition coefficient (Wildman–Crippen LogP) is 8.30.